The molecule has 0 unspecified atom stereocenters. The van der Waals surface area contributed by atoms with E-state index in [1.165, 1.54) is 76.2 Å². The Morgan fingerprint density at radius 2 is 1.63 bits per heavy atom. The van der Waals surface area contributed by atoms with E-state index in [2.05, 4.69) is 62.1 Å². The molecular weight excluding hydrogens is 364 g/mol. The second-order valence-electron chi connectivity index (χ2n) is 9.51. The maximum Gasteiger partial charge on any atom is 0.119 e. The van der Waals surface area contributed by atoms with Gasteiger partial charge in [-0.25, -0.2) is 0 Å². The van der Waals surface area contributed by atoms with Crippen LogP contribution in [0.5, 0.6) is 5.75 Å². The molecule has 0 spiro atoms. The van der Waals surface area contributed by atoms with E-state index < -0.39 is 0 Å². The lowest BCUT2D eigenvalue weighted by atomic mass is 9.79. The van der Waals surface area contributed by atoms with Crippen molar-refractivity contribution in [3.8, 4) is 17.6 Å². The van der Waals surface area contributed by atoms with Gasteiger partial charge >= 0.3 is 0 Å². The van der Waals surface area contributed by atoms with Gasteiger partial charge in [0, 0.05) is 5.92 Å². The van der Waals surface area contributed by atoms with Crippen LogP contribution in [0.25, 0.3) is 0 Å². The van der Waals surface area contributed by atoms with Crippen molar-refractivity contribution in [1.29, 1.82) is 0 Å². The number of benzene rings is 1. The summed E-state index contributed by atoms with van der Waals surface area (Å²) >= 11 is 0. The molecule has 0 saturated heterocycles. The summed E-state index contributed by atoms with van der Waals surface area (Å²) in [7, 11) is 0. The van der Waals surface area contributed by atoms with E-state index >= 15 is 0 Å². The largest absolute Gasteiger partial charge is 0.494 e. The van der Waals surface area contributed by atoms with Crippen molar-refractivity contribution >= 4 is 0 Å². The summed E-state index contributed by atoms with van der Waals surface area (Å²) in [6.45, 7) is 5.40. The van der Waals surface area contributed by atoms with E-state index in [0.29, 0.717) is 11.8 Å². The minimum absolute atomic E-state index is 0.586. The Balaban J connectivity index is 1.37. The van der Waals surface area contributed by atoms with Gasteiger partial charge < -0.3 is 4.74 Å². The first-order valence-electron chi connectivity index (χ1n) is 12.7. The Labute approximate surface area is 185 Å². The molecule has 0 radical (unpaired) electrons. The summed E-state index contributed by atoms with van der Waals surface area (Å²) in [6, 6.07) is 8.88. The monoisotopic (exact) mass is 406 g/mol. The van der Waals surface area contributed by atoms with Crippen LogP contribution < -0.4 is 4.74 Å². The number of hydrogen-bond acceptors (Lipinski definition) is 1. The lowest BCUT2D eigenvalue weighted by Crippen LogP contribution is -2.12. The topological polar surface area (TPSA) is 9.23 Å². The van der Waals surface area contributed by atoms with Gasteiger partial charge in [0.15, 0.2) is 0 Å². The van der Waals surface area contributed by atoms with Gasteiger partial charge in [0.05, 0.1) is 6.61 Å². The van der Waals surface area contributed by atoms with E-state index in [0.717, 1.165) is 30.6 Å². The standard InChI is InChI=1S/C29H42O/c1-3-5-8-23-30-29-21-19-28(20-22-29)27-17-15-26(16-18-27)10-7-6-9-25-13-11-24(4-2)12-14-25/h6,9,19-22,24-27H,3-5,8,11-18,23H2,1-2H3. The molecule has 1 aromatic carbocycles. The molecule has 2 aliphatic rings. The van der Waals surface area contributed by atoms with E-state index in [-0.39, 0.29) is 0 Å². The third-order valence-corrected chi connectivity index (χ3v) is 7.30. The van der Waals surface area contributed by atoms with Crippen LogP contribution >= 0.6 is 0 Å². The molecule has 2 fully saturated rings. The van der Waals surface area contributed by atoms with Gasteiger partial charge in [-0.05, 0) is 99.3 Å². The zero-order chi connectivity index (χ0) is 21.0. The summed E-state index contributed by atoms with van der Waals surface area (Å²) in [4.78, 5) is 0. The number of rotatable bonds is 8. The van der Waals surface area contributed by atoms with Crippen molar-refractivity contribution in [3.63, 3.8) is 0 Å². The Hall–Kier alpha value is -1.68. The molecule has 0 aliphatic heterocycles. The normalized spacial score (nSPS) is 26.9. The molecular formula is C29H42O. The van der Waals surface area contributed by atoms with Gasteiger partial charge in [-0.2, -0.15) is 0 Å². The highest BCUT2D eigenvalue weighted by molar-refractivity contribution is 5.30. The average Bonchev–Trinajstić information content (AvgIpc) is 2.81. The maximum atomic E-state index is 5.85. The fourth-order valence-corrected chi connectivity index (χ4v) is 5.09. The molecule has 1 heteroatoms. The predicted octanol–water partition coefficient (Wildman–Crippen LogP) is 8.31. The van der Waals surface area contributed by atoms with Crippen molar-refractivity contribution in [2.24, 2.45) is 17.8 Å². The molecule has 30 heavy (non-hydrogen) atoms. The van der Waals surface area contributed by atoms with Crippen molar-refractivity contribution in [2.75, 3.05) is 6.61 Å². The van der Waals surface area contributed by atoms with Gasteiger partial charge in [0.1, 0.15) is 5.75 Å². The van der Waals surface area contributed by atoms with Crippen molar-refractivity contribution in [2.45, 2.75) is 96.8 Å². The van der Waals surface area contributed by atoms with Crippen molar-refractivity contribution in [3.05, 3.63) is 42.0 Å². The summed E-state index contributed by atoms with van der Waals surface area (Å²) in [5.41, 5.74) is 1.48. The van der Waals surface area contributed by atoms with Crippen LogP contribution in [0.4, 0.5) is 0 Å². The zero-order valence-corrected chi connectivity index (χ0v) is 19.4. The smallest absolute Gasteiger partial charge is 0.119 e. The SMILES string of the molecule is CCCCCOc1ccc(C2CCC(C#CC=CC3CCC(CC)CC3)CC2)cc1. The summed E-state index contributed by atoms with van der Waals surface area (Å²) in [6.07, 6.45) is 20.1. The van der Waals surface area contributed by atoms with E-state index in [1.54, 1.807) is 0 Å². The fraction of sp³-hybridized carbons (Fsp3) is 0.655. The molecule has 0 amide bonds. The number of allylic oxidation sites excluding steroid dienone is 2. The van der Waals surface area contributed by atoms with Crippen LogP contribution in [0.2, 0.25) is 0 Å². The molecule has 1 aromatic rings. The first-order chi connectivity index (χ1) is 14.8. The Bertz CT molecular complexity index is 673. The van der Waals surface area contributed by atoms with Crippen LogP contribution in [0.3, 0.4) is 0 Å². The molecule has 2 saturated carbocycles. The van der Waals surface area contributed by atoms with E-state index in [9.17, 15) is 0 Å². The van der Waals surface area contributed by atoms with Crippen molar-refractivity contribution < 1.29 is 4.74 Å². The van der Waals surface area contributed by atoms with Crippen molar-refractivity contribution in [1.82, 2.24) is 0 Å². The molecule has 164 valence electrons. The Morgan fingerprint density at radius 1 is 0.900 bits per heavy atom. The van der Waals surface area contributed by atoms with Crippen LogP contribution in [-0.2, 0) is 0 Å². The average molecular weight is 407 g/mol. The summed E-state index contributed by atoms with van der Waals surface area (Å²) in [5, 5.41) is 0. The van der Waals surface area contributed by atoms with Gasteiger partial charge in [0.25, 0.3) is 0 Å². The van der Waals surface area contributed by atoms with Crippen LogP contribution in [0.15, 0.2) is 36.4 Å². The maximum absolute atomic E-state index is 5.85. The van der Waals surface area contributed by atoms with Gasteiger partial charge in [-0.15, -0.1) is 0 Å². The highest BCUT2D eigenvalue weighted by Gasteiger charge is 2.21. The molecule has 0 atom stereocenters. The first-order valence-corrected chi connectivity index (χ1v) is 12.7. The van der Waals surface area contributed by atoms with Crippen LogP contribution in [0.1, 0.15) is 102 Å². The Kier molecular flexibility index (Phi) is 9.88. The van der Waals surface area contributed by atoms with Crippen LogP contribution in [0, 0.1) is 29.6 Å². The molecule has 0 heterocycles. The minimum Gasteiger partial charge on any atom is -0.494 e. The second kappa shape index (κ2) is 12.9. The molecule has 0 aromatic heterocycles. The summed E-state index contributed by atoms with van der Waals surface area (Å²) in [5.74, 6) is 11.0. The quantitative estimate of drug-likeness (QED) is 0.311. The van der Waals surface area contributed by atoms with Gasteiger partial charge in [-0.3, -0.25) is 0 Å². The highest BCUT2D eigenvalue weighted by atomic mass is 16.5. The molecule has 0 bridgehead atoms. The number of ether oxygens (including phenoxy) is 1. The molecule has 2 aliphatic carbocycles. The lowest BCUT2D eigenvalue weighted by molar-refractivity contribution is 0.304. The number of hydrogen-bond donors (Lipinski definition) is 0. The van der Waals surface area contributed by atoms with Crippen LogP contribution in [-0.4, -0.2) is 6.61 Å². The zero-order valence-electron chi connectivity index (χ0n) is 19.4. The summed E-state index contributed by atoms with van der Waals surface area (Å²) < 4.78 is 5.85. The number of unbranched alkanes of at least 4 members (excludes halogenated alkanes) is 2. The molecule has 3 rings (SSSR count). The second-order valence-corrected chi connectivity index (χ2v) is 9.51. The third kappa shape index (κ3) is 7.54. The third-order valence-electron chi connectivity index (χ3n) is 7.30. The fourth-order valence-electron chi connectivity index (χ4n) is 5.09. The van der Waals surface area contributed by atoms with E-state index in [4.69, 9.17) is 4.74 Å². The first kappa shape index (κ1) is 23.0. The van der Waals surface area contributed by atoms with Gasteiger partial charge in [0.2, 0.25) is 0 Å². The Morgan fingerprint density at radius 3 is 2.30 bits per heavy atom. The highest BCUT2D eigenvalue weighted by Crippen LogP contribution is 2.36. The lowest BCUT2D eigenvalue weighted by Gasteiger charge is -2.26. The predicted molar refractivity (Wildman–Crippen MR) is 129 cm³/mol. The van der Waals surface area contributed by atoms with Gasteiger partial charge in [-0.1, -0.05) is 63.2 Å². The minimum atomic E-state index is 0.586. The molecule has 0 N–H and O–H groups in total. The molecule has 1 nitrogen and oxygen atoms in total. The van der Waals surface area contributed by atoms with E-state index in [1.807, 2.05) is 0 Å².